The maximum atomic E-state index is 13.4. The van der Waals surface area contributed by atoms with Gasteiger partial charge >= 0.3 is 0 Å². The average Bonchev–Trinajstić information content (AvgIpc) is 2.82. The lowest BCUT2D eigenvalue weighted by molar-refractivity contribution is 0.618. The number of nitrogens with zero attached hydrogens (tertiary/aromatic N) is 2. The van der Waals surface area contributed by atoms with Crippen LogP contribution in [0.4, 0.5) is 4.39 Å². The van der Waals surface area contributed by atoms with Crippen LogP contribution in [0, 0.1) is 12.7 Å². The van der Waals surface area contributed by atoms with Crippen LogP contribution < -0.4 is 0 Å². The zero-order valence-corrected chi connectivity index (χ0v) is 12.2. The molecule has 0 saturated carbocycles. The molecule has 0 radical (unpaired) electrons. The molecule has 0 saturated heterocycles. The topological polar surface area (TPSA) is 17.8 Å². The van der Waals surface area contributed by atoms with Crippen LogP contribution in [0.5, 0.6) is 0 Å². The van der Waals surface area contributed by atoms with Crippen molar-refractivity contribution in [1.82, 2.24) is 9.55 Å². The van der Waals surface area contributed by atoms with Crippen molar-refractivity contribution >= 4 is 34.2 Å². The fraction of sp³-hybridized carbons (Fsp3) is 0.133. The molecule has 2 aromatic carbocycles. The van der Waals surface area contributed by atoms with Crippen LogP contribution >= 0.6 is 23.2 Å². The van der Waals surface area contributed by atoms with Crippen molar-refractivity contribution in [3.63, 3.8) is 0 Å². The van der Waals surface area contributed by atoms with Crippen molar-refractivity contribution in [2.24, 2.45) is 0 Å². The number of hydrogen-bond donors (Lipinski definition) is 0. The van der Waals surface area contributed by atoms with Crippen molar-refractivity contribution in [2.75, 3.05) is 0 Å². The molecule has 0 fully saturated rings. The van der Waals surface area contributed by atoms with Crippen molar-refractivity contribution in [2.45, 2.75) is 12.8 Å². The Morgan fingerprint density at radius 1 is 1.25 bits per heavy atom. The molecule has 3 aromatic rings. The summed E-state index contributed by atoms with van der Waals surface area (Å²) in [7, 11) is 0. The highest BCUT2D eigenvalue weighted by Gasteiger charge is 2.14. The monoisotopic (exact) mass is 308 g/mol. The first kappa shape index (κ1) is 13.4. The van der Waals surface area contributed by atoms with Crippen LogP contribution in [0.15, 0.2) is 36.4 Å². The number of rotatable bonds is 2. The number of fused-ring (bicyclic) bond motifs is 1. The fourth-order valence-corrected chi connectivity index (χ4v) is 2.65. The van der Waals surface area contributed by atoms with Crippen molar-refractivity contribution < 1.29 is 4.39 Å². The Morgan fingerprint density at radius 3 is 2.75 bits per heavy atom. The average molecular weight is 309 g/mol. The first-order valence-electron chi connectivity index (χ1n) is 6.10. The largest absolute Gasteiger partial charge is 0.295 e. The number of halogens is 3. The lowest BCUT2D eigenvalue weighted by Crippen LogP contribution is -2.00. The van der Waals surface area contributed by atoms with Gasteiger partial charge in [0, 0.05) is 5.69 Å². The highest BCUT2D eigenvalue weighted by atomic mass is 35.5. The van der Waals surface area contributed by atoms with Crippen LogP contribution in [-0.4, -0.2) is 9.55 Å². The Bertz CT molecular complexity index is 796. The minimum absolute atomic E-state index is 0.233. The van der Waals surface area contributed by atoms with E-state index in [0.29, 0.717) is 21.9 Å². The Hall–Kier alpha value is -1.58. The molecule has 1 heterocycles. The van der Waals surface area contributed by atoms with Crippen molar-refractivity contribution in [3.8, 4) is 5.69 Å². The Balaban J connectivity index is 2.34. The number of alkyl halides is 1. The van der Waals surface area contributed by atoms with Crippen LogP contribution in [0.25, 0.3) is 16.7 Å². The highest BCUT2D eigenvalue weighted by Crippen LogP contribution is 2.28. The zero-order valence-electron chi connectivity index (χ0n) is 10.7. The third-order valence-electron chi connectivity index (χ3n) is 3.22. The van der Waals surface area contributed by atoms with Gasteiger partial charge in [-0.1, -0.05) is 17.7 Å². The molecule has 20 heavy (non-hydrogen) atoms. The van der Waals surface area contributed by atoms with Crippen LogP contribution in [-0.2, 0) is 5.88 Å². The Morgan fingerprint density at radius 2 is 2.05 bits per heavy atom. The van der Waals surface area contributed by atoms with Crippen molar-refractivity contribution in [1.29, 1.82) is 0 Å². The number of benzene rings is 2. The molecule has 5 heteroatoms. The summed E-state index contributed by atoms with van der Waals surface area (Å²) in [5, 5.41) is 0.575. The molecule has 0 aliphatic carbocycles. The number of aryl methyl sites for hydroxylation is 1. The third kappa shape index (κ3) is 2.07. The number of imidazole rings is 1. The summed E-state index contributed by atoms with van der Waals surface area (Å²) in [6, 6.07) is 10.5. The molecule has 0 bridgehead atoms. The van der Waals surface area contributed by atoms with Gasteiger partial charge in [0.25, 0.3) is 0 Å². The third-order valence-corrected chi connectivity index (χ3v) is 3.77. The van der Waals surface area contributed by atoms with Gasteiger partial charge < -0.3 is 0 Å². The molecule has 0 unspecified atom stereocenters. The standard InChI is InChI=1S/C15H11Cl2FN2/c1-9-7-10(5-6-12(9)18)20-13-4-2-3-11(17)15(13)19-14(20)8-16/h2-7H,8H2,1H3. The van der Waals surface area contributed by atoms with Gasteiger partial charge in [0.1, 0.15) is 17.2 Å². The van der Waals surface area contributed by atoms with Gasteiger partial charge in [-0.2, -0.15) is 0 Å². The van der Waals surface area contributed by atoms with Crippen LogP contribution in [0.3, 0.4) is 0 Å². The second kappa shape index (κ2) is 5.08. The first-order valence-corrected chi connectivity index (χ1v) is 7.01. The molecule has 3 rings (SSSR count). The summed E-state index contributed by atoms with van der Waals surface area (Å²) >= 11 is 12.1. The predicted octanol–water partition coefficient (Wildman–Crippen LogP) is 4.87. The van der Waals surface area contributed by atoms with E-state index in [4.69, 9.17) is 23.2 Å². The molecule has 0 aliphatic rings. The van der Waals surface area contributed by atoms with E-state index in [1.165, 1.54) is 6.07 Å². The summed E-state index contributed by atoms with van der Waals surface area (Å²) < 4.78 is 15.3. The second-order valence-corrected chi connectivity index (χ2v) is 5.21. The predicted molar refractivity (Wildman–Crippen MR) is 80.3 cm³/mol. The van der Waals surface area contributed by atoms with Crippen LogP contribution in [0.1, 0.15) is 11.4 Å². The molecule has 0 aliphatic heterocycles. The number of para-hydroxylation sites is 1. The molecular formula is C15H11Cl2FN2. The molecule has 0 spiro atoms. The molecular weight excluding hydrogens is 298 g/mol. The fourth-order valence-electron chi connectivity index (χ4n) is 2.26. The molecule has 102 valence electrons. The highest BCUT2D eigenvalue weighted by molar-refractivity contribution is 6.35. The van der Waals surface area contributed by atoms with Gasteiger partial charge in [-0.15, -0.1) is 11.6 Å². The summed E-state index contributed by atoms with van der Waals surface area (Å²) in [4.78, 5) is 4.46. The molecule has 0 atom stereocenters. The van der Waals surface area contributed by atoms with E-state index >= 15 is 0 Å². The molecule has 2 nitrogen and oxygen atoms in total. The normalized spacial score (nSPS) is 11.2. The molecule has 1 aromatic heterocycles. The zero-order chi connectivity index (χ0) is 14.3. The summed E-state index contributed by atoms with van der Waals surface area (Å²) in [6.07, 6.45) is 0. The minimum Gasteiger partial charge on any atom is -0.295 e. The maximum Gasteiger partial charge on any atom is 0.129 e. The van der Waals surface area contributed by atoms with E-state index in [2.05, 4.69) is 4.98 Å². The van der Waals surface area contributed by atoms with Gasteiger partial charge in [-0.05, 0) is 42.8 Å². The lowest BCUT2D eigenvalue weighted by atomic mass is 10.2. The van der Waals surface area contributed by atoms with Crippen molar-refractivity contribution in [3.05, 3.63) is 58.6 Å². The number of hydrogen-bond acceptors (Lipinski definition) is 1. The van der Waals surface area contributed by atoms with Gasteiger partial charge in [-0.25, -0.2) is 9.37 Å². The van der Waals surface area contributed by atoms with E-state index in [1.807, 2.05) is 16.7 Å². The van der Waals surface area contributed by atoms with E-state index in [1.54, 1.807) is 25.1 Å². The minimum atomic E-state index is -0.233. The quantitative estimate of drug-likeness (QED) is 0.618. The van der Waals surface area contributed by atoms with E-state index in [0.717, 1.165) is 11.2 Å². The van der Waals surface area contributed by atoms with E-state index in [9.17, 15) is 4.39 Å². The summed E-state index contributed by atoms with van der Waals surface area (Å²) in [5.74, 6) is 0.700. The summed E-state index contributed by atoms with van der Waals surface area (Å²) in [6.45, 7) is 1.73. The first-order chi connectivity index (χ1) is 9.61. The molecule has 0 amide bonds. The lowest BCUT2D eigenvalue weighted by Gasteiger charge is -2.09. The summed E-state index contributed by atoms with van der Waals surface area (Å²) in [5.41, 5.74) is 2.96. The van der Waals surface area contributed by atoms with Gasteiger partial charge in [-0.3, -0.25) is 4.57 Å². The van der Waals surface area contributed by atoms with Gasteiger partial charge in [0.05, 0.1) is 16.4 Å². The van der Waals surface area contributed by atoms with Gasteiger partial charge in [0.15, 0.2) is 0 Å². The Labute approximate surface area is 125 Å². The van der Waals surface area contributed by atoms with Crippen LogP contribution in [0.2, 0.25) is 5.02 Å². The molecule has 0 N–H and O–H groups in total. The van der Waals surface area contributed by atoms with E-state index < -0.39 is 0 Å². The Kier molecular flexibility index (Phi) is 3.40. The van der Waals surface area contributed by atoms with E-state index in [-0.39, 0.29) is 11.7 Å². The maximum absolute atomic E-state index is 13.4. The number of aromatic nitrogens is 2. The SMILES string of the molecule is Cc1cc(-n2c(CCl)nc3c(Cl)cccc32)ccc1F. The van der Waals surface area contributed by atoms with Gasteiger partial charge in [0.2, 0.25) is 0 Å². The smallest absolute Gasteiger partial charge is 0.129 e. The second-order valence-electron chi connectivity index (χ2n) is 4.54.